The van der Waals surface area contributed by atoms with Crippen LogP contribution in [0, 0.1) is 6.92 Å². The number of aliphatic hydroxyl groups excluding tert-OH is 2. The first-order valence-corrected chi connectivity index (χ1v) is 4.92. The van der Waals surface area contributed by atoms with Gasteiger partial charge in [-0.3, -0.25) is 4.98 Å². The third-order valence-corrected chi connectivity index (χ3v) is 2.35. The summed E-state index contributed by atoms with van der Waals surface area (Å²) in [4.78, 5) is 4.12. The molecule has 0 aromatic carbocycles. The van der Waals surface area contributed by atoms with Gasteiger partial charge in [-0.1, -0.05) is 0 Å². The Morgan fingerprint density at radius 2 is 1.93 bits per heavy atom. The maximum atomic E-state index is 8.90. The summed E-state index contributed by atoms with van der Waals surface area (Å²) in [5.74, 6) is 0.242. The highest BCUT2D eigenvalue weighted by atomic mass is 16.3. The van der Waals surface area contributed by atoms with Gasteiger partial charge in [-0.05, 0) is 43.4 Å². The van der Waals surface area contributed by atoms with Crippen molar-refractivity contribution in [1.82, 2.24) is 4.98 Å². The number of aromatic nitrogens is 1. The summed E-state index contributed by atoms with van der Waals surface area (Å²) in [6.07, 6.45) is 3.17. The minimum Gasteiger partial charge on any atom is -0.396 e. The lowest BCUT2D eigenvalue weighted by molar-refractivity contribution is 0.242. The maximum Gasteiger partial charge on any atom is 0.0436 e. The lowest BCUT2D eigenvalue weighted by atomic mass is 9.93. The Labute approximate surface area is 84.4 Å². The van der Waals surface area contributed by atoms with Crippen molar-refractivity contribution in [2.24, 2.45) is 0 Å². The van der Waals surface area contributed by atoms with Gasteiger partial charge in [0.1, 0.15) is 0 Å². The Morgan fingerprint density at radius 1 is 1.29 bits per heavy atom. The Balaban J connectivity index is 2.75. The largest absolute Gasteiger partial charge is 0.396 e. The quantitative estimate of drug-likeness (QED) is 0.743. The Hall–Kier alpha value is -0.930. The lowest BCUT2D eigenvalue weighted by Crippen LogP contribution is -2.04. The van der Waals surface area contributed by atoms with E-state index in [0.717, 1.165) is 11.3 Å². The molecule has 1 rings (SSSR count). The van der Waals surface area contributed by atoms with Crippen LogP contribution in [0.3, 0.4) is 0 Å². The van der Waals surface area contributed by atoms with Crippen molar-refractivity contribution < 1.29 is 10.2 Å². The van der Waals surface area contributed by atoms with Gasteiger partial charge in [0.15, 0.2) is 0 Å². The van der Waals surface area contributed by atoms with Crippen LogP contribution < -0.4 is 0 Å². The molecular formula is C11H17NO2. The average Bonchev–Trinajstić information content (AvgIpc) is 2.17. The molecule has 0 atom stereocenters. The van der Waals surface area contributed by atoms with Crippen molar-refractivity contribution in [1.29, 1.82) is 0 Å². The second kappa shape index (κ2) is 5.73. The van der Waals surface area contributed by atoms with Crippen LogP contribution in [0.2, 0.25) is 0 Å². The molecule has 1 heterocycles. The van der Waals surface area contributed by atoms with Crippen molar-refractivity contribution in [2.45, 2.75) is 25.7 Å². The molecule has 1 aromatic heterocycles. The van der Waals surface area contributed by atoms with Crippen molar-refractivity contribution in [2.75, 3.05) is 13.2 Å². The summed E-state index contributed by atoms with van der Waals surface area (Å²) in [7, 11) is 0. The average molecular weight is 195 g/mol. The van der Waals surface area contributed by atoms with E-state index in [9.17, 15) is 0 Å². The first-order valence-electron chi connectivity index (χ1n) is 4.92. The van der Waals surface area contributed by atoms with Gasteiger partial charge in [0.05, 0.1) is 0 Å². The standard InChI is InChI=1S/C11H17NO2/c1-9-8-11(2-5-12-9)10(3-6-13)4-7-14/h2,5,8,10,13-14H,3-4,6-7H2,1H3. The number of pyridine rings is 1. The molecule has 0 radical (unpaired) electrons. The highest BCUT2D eigenvalue weighted by Gasteiger charge is 2.10. The number of rotatable bonds is 5. The van der Waals surface area contributed by atoms with Gasteiger partial charge in [0.25, 0.3) is 0 Å². The second-order valence-electron chi connectivity index (χ2n) is 3.45. The minimum atomic E-state index is 0.159. The van der Waals surface area contributed by atoms with Gasteiger partial charge in [-0.2, -0.15) is 0 Å². The molecule has 3 nitrogen and oxygen atoms in total. The minimum absolute atomic E-state index is 0.159. The normalized spacial score (nSPS) is 10.9. The second-order valence-corrected chi connectivity index (χ2v) is 3.45. The van der Waals surface area contributed by atoms with Gasteiger partial charge in [0, 0.05) is 25.1 Å². The van der Waals surface area contributed by atoms with E-state index in [1.165, 1.54) is 0 Å². The molecule has 0 saturated heterocycles. The summed E-state index contributed by atoms with van der Waals surface area (Å²) in [5, 5.41) is 17.8. The predicted octanol–water partition coefficient (Wildman–Crippen LogP) is 1.24. The zero-order valence-electron chi connectivity index (χ0n) is 8.48. The van der Waals surface area contributed by atoms with E-state index >= 15 is 0 Å². The van der Waals surface area contributed by atoms with Crippen molar-refractivity contribution in [3.8, 4) is 0 Å². The topological polar surface area (TPSA) is 53.4 Å². The first kappa shape index (κ1) is 11.1. The first-order chi connectivity index (χ1) is 6.77. The molecule has 3 heteroatoms. The van der Waals surface area contributed by atoms with Crippen molar-refractivity contribution in [3.63, 3.8) is 0 Å². The van der Waals surface area contributed by atoms with Crippen LogP contribution in [0.15, 0.2) is 18.3 Å². The van der Waals surface area contributed by atoms with Crippen molar-refractivity contribution >= 4 is 0 Å². The van der Waals surface area contributed by atoms with Crippen LogP contribution in [-0.2, 0) is 0 Å². The summed E-state index contributed by atoms with van der Waals surface area (Å²) in [6.45, 7) is 2.26. The zero-order chi connectivity index (χ0) is 10.4. The molecule has 0 aliphatic carbocycles. The highest BCUT2D eigenvalue weighted by Crippen LogP contribution is 2.22. The fourth-order valence-corrected chi connectivity index (χ4v) is 1.61. The summed E-state index contributed by atoms with van der Waals surface area (Å²) in [5.41, 5.74) is 2.13. The van der Waals surface area contributed by atoms with Gasteiger partial charge in [-0.15, -0.1) is 0 Å². The van der Waals surface area contributed by atoms with Gasteiger partial charge >= 0.3 is 0 Å². The monoisotopic (exact) mass is 195 g/mol. The molecule has 0 unspecified atom stereocenters. The van der Waals surface area contributed by atoms with Gasteiger partial charge in [0.2, 0.25) is 0 Å². The van der Waals surface area contributed by atoms with Gasteiger partial charge in [-0.25, -0.2) is 0 Å². The molecule has 78 valence electrons. The summed E-state index contributed by atoms with van der Waals surface area (Å²) >= 11 is 0. The molecule has 0 spiro atoms. The van der Waals surface area contributed by atoms with Crippen LogP contribution in [0.25, 0.3) is 0 Å². The van der Waals surface area contributed by atoms with Crippen LogP contribution in [0.5, 0.6) is 0 Å². The fourth-order valence-electron chi connectivity index (χ4n) is 1.61. The zero-order valence-corrected chi connectivity index (χ0v) is 8.48. The van der Waals surface area contributed by atoms with Crippen molar-refractivity contribution in [3.05, 3.63) is 29.6 Å². The van der Waals surface area contributed by atoms with E-state index in [0.29, 0.717) is 12.8 Å². The summed E-state index contributed by atoms with van der Waals surface area (Å²) in [6, 6.07) is 3.96. The summed E-state index contributed by atoms with van der Waals surface area (Å²) < 4.78 is 0. The molecule has 0 amide bonds. The number of aliphatic hydroxyl groups is 2. The van der Waals surface area contributed by atoms with E-state index < -0.39 is 0 Å². The van der Waals surface area contributed by atoms with E-state index in [2.05, 4.69) is 4.98 Å². The maximum absolute atomic E-state index is 8.90. The van der Waals surface area contributed by atoms with Crippen LogP contribution in [0.4, 0.5) is 0 Å². The predicted molar refractivity (Wildman–Crippen MR) is 55.1 cm³/mol. The SMILES string of the molecule is Cc1cc(C(CCO)CCO)ccn1. The Morgan fingerprint density at radius 3 is 2.43 bits per heavy atom. The molecule has 0 aliphatic heterocycles. The number of hydrogen-bond donors (Lipinski definition) is 2. The fraction of sp³-hybridized carbons (Fsp3) is 0.545. The number of aryl methyl sites for hydroxylation is 1. The molecular weight excluding hydrogens is 178 g/mol. The molecule has 0 bridgehead atoms. The van der Waals surface area contributed by atoms with Crippen LogP contribution in [-0.4, -0.2) is 28.4 Å². The number of nitrogens with zero attached hydrogens (tertiary/aromatic N) is 1. The van der Waals surface area contributed by atoms with E-state index in [1.54, 1.807) is 6.20 Å². The number of hydrogen-bond acceptors (Lipinski definition) is 3. The van der Waals surface area contributed by atoms with E-state index in [-0.39, 0.29) is 19.1 Å². The van der Waals surface area contributed by atoms with Crippen LogP contribution >= 0.6 is 0 Å². The Kier molecular flexibility index (Phi) is 4.56. The van der Waals surface area contributed by atoms with E-state index in [1.807, 2.05) is 19.1 Å². The molecule has 0 aliphatic rings. The molecule has 0 fully saturated rings. The van der Waals surface area contributed by atoms with Crippen LogP contribution in [0.1, 0.15) is 30.0 Å². The van der Waals surface area contributed by atoms with Gasteiger partial charge < -0.3 is 10.2 Å². The highest BCUT2D eigenvalue weighted by molar-refractivity contribution is 5.19. The Bertz CT molecular complexity index is 270. The lowest BCUT2D eigenvalue weighted by Gasteiger charge is -2.14. The third kappa shape index (κ3) is 3.09. The molecule has 14 heavy (non-hydrogen) atoms. The van der Waals surface area contributed by atoms with E-state index in [4.69, 9.17) is 10.2 Å². The third-order valence-electron chi connectivity index (χ3n) is 2.35. The smallest absolute Gasteiger partial charge is 0.0436 e. The molecule has 2 N–H and O–H groups in total. The molecule has 1 aromatic rings. The molecule has 0 saturated carbocycles.